The fourth-order valence-corrected chi connectivity index (χ4v) is 2.64. The van der Waals surface area contributed by atoms with Crippen molar-refractivity contribution in [2.75, 3.05) is 13.2 Å². The van der Waals surface area contributed by atoms with Crippen molar-refractivity contribution in [1.29, 1.82) is 0 Å². The maximum atomic E-state index is 11.9. The van der Waals surface area contributed by atoms with Crippen molar-refractivity contribution in [2.24, 2.45) is 0 Å². The van der Waals surface area contributed by atoms with Crippen LogP contribution >= 0.6 is 0 Å². The average molecular weight is 324 g/mol. The summed E-state index contributed by atoms with van der Waals surface area (Å²) in [5, 5.41) is 1.04. The van der Waals surface area contributed by atoms with E-state index in [2.05, 4.69) is 17.6 Å². The zero-order valence-corrected chi connectivity index (χ0v) is 13.3. The Hall–Kier alpha value is -2.57. The molecular formula is C19H16O3S. The quantitative estimate of drug-likeness (QED) is 0.482. The van der Waals surface area contributed by atoms with Gasteiger partial charge in [-0.15, -0.1) is 5.73 Å². The largest absolute Gasteiger partial charge is 0.364 e. The Morgan fingerprint density at radius 2 is 1.61 bits per heavy atom. The molecule has 0 unspecified atom stereocenters. The Morgan fingerprint density at radius 1 is 0.957 bits per heavy atom. The minimum Gasteiger partial charge on any atom is -0.364 e. The molecule has 0 aliphatic heterocycles. The molecule has 0 atom stereocenters. The Balaban J connectivity index is 1.80. The van der Waals surface area contributed by atoms with Crippen LogP contribution < -0.4 is 0 Å². The summed E-state index contributed by atoms with van der Waals surface area (Å²) in [7, 11) is -3.44. The molecule has 2 rings (SSSR count). The predicted molar refractivity (Wildman–Crippen MR) is 90.4 cm³/mol. The van der Waals surface area contributed by atoms with Crippen molar-refractivity contribution < 1.29 is 13.2 Å². The molecule has 0 N–H and O–H groups in total. The van der Waals surface area contributed by atoms with Gasteiger partial charge in [0.05, 0.1) is 16.9 Å². The smallest absolute Gasteiger partial charge is 0.207 e. The Labute approximate surface area is 136 Å². The van der Waals surface area contributed by atoms with Gasteiger partial charge in [0.15, 0.2) is 0 Å². The summed E-state index contributed by atoms with van der Waals surface area (Å²) in [4.78, 5) is 0.246. The predicted octanol–water partition coefficient (Wildman–Crippen LogP) is 3.20. The molecule has 0 bridgehead atoms. The Kier molecular flexibility index (Phi) is 6.40. The summed E-state index contributed by atoms with van der Waals surface area (Å²) >= 11 is 0. The first-order chi connectivity index (χ1) is 11.2. The maximum Gasteiger partial charge on any atom is 0.207 e. The van der Waals surface area contributed by atoms with Crippen LogP contribution in [0.1, 0.15) is 5.56 Å². The standard InChI is InChI=1S/C19H16O3S/c20-23(21,19-13-5-2-6-14-19)17-8-7-15-22-16-9-12-18-10-3-1-4-11-18/h1-7,10-11,13-14,17H,15-16H2. The van der Waals surface area contributed by atoms with Gasteiger partial charge in [0, 0.05) is 5.56 Å². The van der Waals surface area contributed by atoms with E-state index in [1.165, 1.54) is 6.08 Å². The van der Waals surface area contributed by atoms with Crippen LogP contribution in [0.2, 0.25) is 0 Å². The lowest BCUT2D eigenvalue weighted by Crippen LogP contribution is -1.94. The van der Waals surface area contributed by atoms with E-state index < -0.39 is 9.84 Å². The number of hydrogen-bond acceptors (Lipinski definition) is 3. The molecule has 116 valence electrons. The van der Waals surface area contributed by atoms with E-state index in [1.54, 1.807) is 30.3 Å². The van der Waals surface area contributed by atoms with E-state index in [1.807, 2.05) is 30.3 Å². The number of rotatable bonds is 5. The highest BCUT2D eigenvalue weighted by Crippen LogP contribution is 2.10. The molecule has 0 saturated carbocycles. The van der Waals surface area contributed by atoms with Crippen LogP contribution in [-0.2, 0) is 14.6 Å². The van der Waals surface area contributed by atoms with Gasteiger partial charge in [0.1, 0.15) is 6.61 Å². The molecule has 0 aromatic heterocycles. The monoisotopic (exact) mass is 324 g/mol. The van der Waals surface area contributed by atoms with Crippen LogP contribution in [0.3, 0.4) is 0 Å². The van der Waals surface area contributed by atoms with Gasteiger partial charge in [-0.25, -0.2) is 8.42 Å². The van der Waals surface area contributed by atoms with Gasteiger partial charge < -0.3 is 4.74 Å². The van der Waals surface area contributed by atoms with Crippen molar-refractivity contribution in [3.63, 3.8) is 0 Å². The van der Waals surface area contributed by atoms with Crippen molar-refractivity contribution in [2.45, 2.75) is 4.90 Å². The molecular weight excluding hydrogens is 308 g/mol. The van der Waals surface area contributed by atoms with E-state index in [0.29, 0.717) is 0 Å². The van der Waals surface area contributed by atoms with E-state index >= 15 is 0 Å². The molecule has 2 aromatic carbocycles. The van der Waals surface area contributed by atoms with E-state index in [-0.39, 0.29) is 18.1 Å². The fraction of sp³-hybridized carbons (Fsp3) is 0.105. The summed E-state index contributed by atoms with van der Waals surface area (Å²) in [6, 6.07) is 17.8. The van der Waals surface area contributed by atoms with E-state index in [9.17, 15) is 8.42 Å². The molecule has 0 aliphatic rings. The first kappa shape index (κ1) is 16.8. The van der Waals surface area contributed by atoms with Crippen molar-refractivity contribution in [1.82, 2.24) is 0 Å². The Bertz CT molecular complexity index is 836. The maximum absolute atomic E-state index is 11.9. The number of benzene rings is 2. The molecule has 0 saturated heterocycles. The van der Waals surface area contributed by atoms with Gasteiger partial charge in [-0.2, -0.15) is 0 Å². The summed E-state index contributed by atoms with van der Waals surface area (Å²) < 4.78 is 29.1. The van der Waals surface area contributed by atoms with Crippen LogP contribution in [-0.4, -0.2) is 21.6 Å². The highest BCUT2D eigenvalue weighted by atomic mass is 32.2. The molecule has 0 heterocycles. The van der Waals surface area contributed by atoms with Crippen LogP contribution in [0.15, 0.2) is 82.8 Å². The summed E-state index contributed by atoms with van der Waals surface area (Å²) in [5.74, 6) is 5.85. The van der Waals surface area contributed by atoms with Crippen molar-refractivity contribution >= 4 is 9.84 Å². The normalized spacial score (nSPS) is 10.1. The van der Waals surface area contributed by atoms with Crippen LogP contribution in [0.5, 0.6) is 0 Å². The van der Waals surface area contributed by atoms with Crippen LogP contribution in [0.25, 0.3) is 0 Å². The minimum atomic E-state index is -3.44. The van der Waals surface area contributed by atoms with Crippen LogP contribution in [0, 0.1) is 11.8 Å². The molecule has 2 aromatic rings. The first-order valence-electron chi connectivity index (χ1n) is 7.01. The summed E-state index contributed by atoms with van der Waals surface area (Å²) in [6.07, 6.45) is 1.52. The SMILES string of the molecule is O=S(=O)(C=C=CCOCC#Cc1ccccc1)c1ccccc1. The fourth-order valence-electron chi connectivity index (χ4n) is 1.69. The summed E-state index contributed by atoms with van der Waals surface area (Å²) in [5.41, 5.74) is 3.55. The minimum absolute atomic E-state index is 0.246. The van der Waals surface area contributed by atoms with Crippen LogP contribution in [0.4, 0.5) is 0 Å². The number of ether oxygens (including phenoxy) is 1. The van der Waals surface area contributed by atoms with Gasteiger partial charge in [-0.1, -0.05) is 48.2 Å². The zero-order valence-electron chi connectivity index (χ0n) is 12.5. The topological polar surface area (TPSA) is 43.4 Å². The molecule has 3 nitrogen and oxygen atoms in total. The third-order valence-electron chi connectivity index (χ3n) is 2.79. The lowest BCUT2D eigenvalue weighted by atomic mass is 10.2. The third-order valence-corrected chi connectivity index (χ3v) is 4.17. The Morgan fingerprint density at radius 3 is 2.30 bits per heavy atom. The first-order valence-corrected chi connectivity index (χ1v) is 8.56. The average Bonchev–Trinajstić information content (AvgIpc) is 2.59. The molecule has 0 aliphatic carbocycles. The number of sulfone groups is 1. The lowest BCUT2D eigenvalue weighted by Gasteiger charge is -1.95. The van der Waals surface area contributed by atoms with Gasteiger partial charge >= 0.3 is 0 Å². The second-order valence-electron chi connectivity index (χ2n) is 4.53. The second-order valence-corrected chi connectivity index (χ2v) is 6.33. The second kappa shape index (κ2) is 8.77. The van der Waals surface area contributed by atoms with Crippen molar-refractivity contribution in [3.05, 3.63) is 83.4 Å². The van der Waals surface area contributed by atoms with Crippen molar-refractivity contribution in [3.8, 4) is 11.8 Å². The summed E-state index contributed by atoms with van der Waals surface area (Å²) in [6.45, 7) is 0.531. The molecule has 0 radical (unpaired) electrons. The third kappa shape index (κ3) is 5.98. The zero-order chi connectivity index (χ0) is 16.4. The van der Waals surface area contributed by atoms with Gasteiger partial charge in [-0.05, 0) is 30.3 Å². The van der Waals surface area contributed by atoms with E-state index in [0.717, 1.165) is 11.0 Å². The molecule has 0 spiro atoms. The highest BCUT2D eigenvalue weighted by molar-refractivity contribution is 7.94. The van der Waals surface area contributed by atoms with Gasteiger partial charge in [0.2, 0.25) is 9.84 Å². The number of hydrogen-bond donors (Lipinski definition) is 0. The lowest BCUT2D eigenvalue weighted by molar-refractivity contribution is 0.199. The van der Waals surface area contributed by atoms with Gasteiger partial charge in [0.25, 0.3) is 0 Å². The molecule has 4 heteroatoms. The van der Waals surface area contributed by atoms with Gasteiger partial charge in [-0.3, -0.25) is 0 Å². The molecule has 23 heavy (non-hydrogen) atoms. The molecule has 0 amide bonds. The molecule has 0 fully saturated rings. The van der Waals surface area contributed by atoms with E-state index in [4.69, 9.17) is 4.74 Å². The highest BCUT2D eigenvalue weighted by Gasteiger charge is 2.07.